The molecule has 0 aliphatic heterocycles. The Kier molecular flexibility index (Phi) is 22.1. The summed E-state index contributed by atoms with van der Waals surface area (Å²) in [7, 11) is 0. The molecule has 0 radical (unpaired) electrons. The van der Waals surface area contributed by atoms with Gasteiger partial charge < -0.3 is 45.7 Å². The van der Waals surface area contributed by atoms with Crippen LogP contribution in [0.4, 0.5) is 0 Å². The number of carbonyl (C=O) groups is 9. The van der Waals surface area contributed by atoms with E-state index in [4.69, 9.17) is 0 Å². The van der Waals surface area contributed by atoms with Gasteiger partial charge in [0.15, 0.2) is 17.3 Å². The molecule has 0 saturated heterocycles. The SMILES string of the molecule is CC(=O)NCC(=O)C(=O)[O-].CC(=O)NCC(=O)C(=O)[O-].CC(=O)NCC(=O)C(=O)[O-].[Al+3]. The quantitative estimate of drug-likeness (QED) is 0.214. The third kappa shape index (κ3) is 28.7. The normalized spacial score (nSPS) is 8.23. The van der Waals surface area contributed by atoms with Gasteiger partial charge in [0, 0.05) is 20.8 Å². The predicted octanol–water partition coefficient (Wildman–Crippen LogP) is -8.06. The summed E-state index contributed by atoms with van der Waals surface area (Å²) in [5, 5.41) is 35.2. The van der Waals surface area contributed by atoms with Crippen molar-refractivity contribution in [3.05, 3.63) is 0 Å². The van der Waals surface area contributed by atoms with Gasteiger partial charge in [-0.1, -0.05) is 0 Å². The van der Waals surface area contributed by atoms with Crippen LogP contribution in [0.15, 0.2) is 0 Å². The van der Waals surface area contributed by atoms with Crippen molar-refractivity contribution in [1.82, 2.24) is 16.0 Å². The summed E-state index contributed by atoms with van der Waals surface area (Å²) in [5.41, 5.74) is 0. The van der Waals surface area contributed by atoms with Gasteiger partial charge >= 0.3 is 17.4 Å². The first-order valence-corrected chi connectivity index (χ1v) is 7.57. The molecule has 0 aromatic rings. The van der Waals surface area contributed by atoms with Gasteiger partial charge in [-0.25, -0.2) is 0 Å². The molecule has 0 aromatic heterocycles. The van der Waals surface area contributed by atoms with E-state index < -0.39 is 72.6 Å². The smallest absolute Gasteiger partial charge is 0.542 e. The minimum absolute atomic E-state index is 0. The molecule has 31 heavy (non-hydrogen) atoms. The fourth-order valence-corrected chi connectivity index (χ4v) is 0.831. The zero-order chi connectivity index (χ0) is 24.4. The number of hydrogen-bond acceptors (Lipinski definition) is 12. The second-order valence-corrected chi connectivity index (χ2v) is 4.86. The van der Waals surface area contributed by atoms with E-state index in [1.807, 2.05) is 16.0 Å². The van der Waals surface area contributed by atoms with Crippen LogP contribution in [0.25, 0.3) is 0 Å². The van der Waals surface area contributed by atoms with Crippen LogP contribution >= 0.6 is 0 Å². The molecular weight excluding hydrogens is 441 g/mol. The molecule has 0 bridgehead atoms. The Hall–Kier alpha value is -3.64. The molecule has 0 fully saturated rings. The number of rotatable bonds is 9. The van der Waals surface area contributed by atoms with Gasteiger partial charge in [0.25, 0.3) is 0 Å². The number of Topliss-reactive ketones (excluding diaryl/α,β-unsaturated/α-hetero) is 3. The van der Waals surface area contributed by atoms with Gasteiger partial charge in [0.05, 0.1) is 19.6 Å². The first kappa shape index (κ1) is 34.8. The zero-order valence-corrected chi connectivity index (χ0v) is 17.8. The van der Waals surface area contributed by atoms with Gasteiger partial charge in [0.2, 0.25) is 17.7 Å². The molecule has 0 unspecified atom stereocenters. The molecule has 15 nitrogen and oxygen atoms in total. The Labute approximate surface area is 185 Å². The van der Waals surface area contributed by atoms with Crippen LogP contribution in [0.1, 0.15) is 20.8 Å². The van der Waals surface area contributed by atoms with Crippen LogP contribution in [0.5, 0.6) is 0 Å². The van der Waals surface area contributed by atoms with Crippen molar-refractivity contribution in [2.24, 2.45) is 0 Å². The van der Waals surface area contributed by atoms with Gasteiger partial charge in [0.1, 0.15) is 17.9 Å². The third-order valence-corrected chi connectivity index (χ3v) is 2.18. The predicted molar refractivity (Wildman–Crippen MR) is 91.8 cm³/mol. The Morgan fingerprint density at radius 1 is 0.484 bits per heavy atom. The summed E-state index contributed by atoms with van der Waals surface area (Å²) in [6.45, 7) is 2.04. The third-order valence-electron chi connectivity index (χ3n) is 2.18. The minimum atomic E-state index is -1.78. The molecule has 3 amide bonds. The summed E-state index contributed by atoms with van der Waals surface area (Å²) in [4.78, 5) is 89.9. The summed E-state index contributed by atoms with van der Waals surface area (Å²) >= 11 is 0. The van der Waals surface area contributed by atoms with Crippen molar-refractivity contribution in [3.8, 4) is 0 Å². The van der Waals surface area contributed by atoms with Crippen LogP contribution in [0.3, 0.4) is 0 Å². The maximum absolute atomic E-state index is 10.2. The van der Waals surface area contributed by atoms with E-state index in [9.17, 15) is 58.5 Å². The standard InChI is InChI=1S/3C5H7NO4.Al/c3*1-3(7)6-2-4(8)5(9)10;/h3*2H2,1H3,(H,6,7)(H,9,10);/q;;;+3/p-3. The van der Waals surface area contributed by atoms with Gasteiger partial charge in [-0.3, -0.25) is 28.8 Å². The molecule has 0 spiro atoms. The zero-order valence-electron chi connectivity index (χ0n) is 16.6. The van der Waals surface area contributed by atoms with Gasteiger partial charge in [-0.05, 0) is 0 Å². The average Bonchev–Trinajstić information content (AvgIpc) is 2.62. The molecule has 0 saturated carbocycles. The molecule has 0 aromatic carbocycles. The van der Waals surface area contributed by atoms with Crippen LogP contribution in [0.2, 0.25) is 0 Å². The Balaban J connectivity index is -0.000000174. The molecule has 0 aliphatic carbocycles. The number of nitrogens with one attached hydrogen (secondary N) is 3. The van der Waals surface area contributed by atoms with Gasteiger partial charge in [-0.15, -0.1) is 0 Å². The summed E-state index contributed by atoms with van der Waals surface area (Å²) in [6, 6.07) is 0. The van der Waals surface area contributed by atoms with Crippen molar-refractivity contribution in [3.63, 3.8) is 0 Å². The number of hydrogen-bond donors (Lipinski definition) is 3. The molecule has 0 aliphatic rings. The molecule has 0 atom stereocenters. The molecule has 0 heterocycles. The minimum Gasteiger partial charge on any atom is -0.542 e. The van der Waals surface area contributed by atoms with E-state index in [-0.39, 0.29) is 17.4 Å². The number of carbonyl (C=O) groups excluding carboxylic acids is 9. The molecule has 16 heteroatoms. The van der Waals surface area contributed by atoms with Crippen molar-refractivity contribution >= 4 is 70.3 Å². The van der Waals surface area contributed by atoms with Crippen LogP contribution in [-0.2, 0) is 43.2 Å². The Bertz CT molecular complexity index is 625. The molecule has 3 N–H and O–H groups in total. The van der Waals surface area contributed by atoms with E-state index in [1.54, 1.807) is 0 Å². The van der Waals surface area contributed by atoms with Gasteiger partial charge in [-0.2, -0.15) is 0 Å². The average molecular weight is 459 g/mol. The number of carboxylic acid groups (broad SMARTS) is 3. The van der Waals surface area contributed by atoms with Crippen LogP contribution in [-0.4, -0.2) is 90.0 Å². The number of aliphatic carboxylic acids is 3. The van der Waals surface area contributed by atoms with Crippen molar-refractivity contribution in [2.45, 2.75) is 20.8 Å². The van der Waals surface area contributed by atoms with E-state index in [0.29, 0.717) is 0 Å². The van der Waals surface area contributed by atoms with Crippen molar-refractivity contribution in [1.29, 1.82) is 0 Å². The Morgan fingerprint density at radius 3 is 0.742 bits per heavy atom. The summed E-state index contributed by atoms with van der Waals surface area (Å²) < 4.78 is 0. The summed E-state index contributed by atoms with van der Waals surface area (Å²) in [5.74, 6) is -10.1. The second-order valence-electron chi connectivity index (χ2n) is 4.86. The monoisotopic (exact) mass is 459 g/mol. The van der Waals surface area contributed by atoms with Crippen LogP contribution < -0.4 is 31.3 Å². The topological polar surface area (TPSA) is 259 Å². The molecular formula is C15H18AlN3O12. The largest absolute Gasteiger partial charge is 3.00 e. The Morgan fingerprint density at radius 2 is 0.645 bits per heavy atom. The summed E-state index contributed by atoms with van der Waals surface area (Å²) in [6.07, 6.45) is 0. The van der Waals surface area contributed by atoms with Crippen molar-refractivity contribution in [2.75, 3.05) is 19.6 Å². The first-order chi connectivity index (χ1) is 13.6. The fourth-order valence-electron chi connectivity index (χ4n) is 0.831. The fraction of sp³-hybridized carbons (Fsp3) is 0.400. The van der Waals surface area contributed by atoms with E-state index in [1.165, 1.54) is 20.8 Å². The second kappa shape index (κ2) is 19.7. The number of amides is 3. The first-order valence-electron chi connectivity index (χ1n) is 7.57. The van der Waals surface area contributed by atoms with Crippen LogP contribution in [0, 0.1) is 0 Å². The van der Waals surface area contributed by atoms with Crippen molar-refractivity contribution < 1.29 is 58.5 Å². The number of carboxylic acids is 3. The number of ketones is 3. The van der Waals surface area contributed by atoms with E-state index in [2.05, 4.69) is 0 Å². The maximum Gasteiger partial charge on any atom is 3.00 e. The molecule has 168 valence electrons. The molecule has 0 rings (SSSR count). The maximum atomic E-state index is 10.2. The van der Waals surface area contributed by atoms with E-state index >= 15 is 0 Å². The van der Waals surface area contributed by atoms with E-state index in [0.717, 1.165) is 0 Å².